The highest BCUT2D eigenvalue weighted by atomic mass is 127. The molecule has 0 spiro atoms. The van der Waals surface area contributed by atoms with E-state index in [1.807, 2.05) is 0 Å². The molecule has 0 amide bonds. The molecule has 1 aromatic rings. The zero-order valence-electron chi connectivity index (χ0n) is 9.95. The molecule has 0 saturated carbocycles. The highest BCUT2D eigenvalue weighted by molar-refractivity contribution is 14.1. The van der Waals surface area contributed by atoms with Crippen LogP contribution in [0.25, 0.3) is 0 Å². The molecule has 90 valence electrons. The van der Waals surface area contributed by atoms with E-state index in [1.54, 1.807) is 0 Å². The smallest absolute Gasteiger partial charge is 0.0892 e. The molecule has 0 aromatic heterocycles. The van der Waals surface area contributed by atoms with Crippen LogP contribution >= 0.6 is 35.2 Å². The van der Waals surface area contributed by atoms with Crippen molar-refractivity contribution in [2.45, 2.75) is 48.2 Å². The van der Waals surface area contributed by atoms with Crippen molar-refractivity contribution >= 4 is 35.2 Å². The molecular weight excluding hydrogens is 327 g/mol. The van der Waals surface area contributed by atoms with Crippen molar-refractivity contribution < 1.29 is 0 Å². The van der Waals surface area contributed by atoms with Gasteiger partial charge in [0, 0.05) is 0 Å². The Morgan fingerprint density at radius 2 is 1.69 bits per heavy atom. The fourth-order valence-corrected chi connectivity index (χ4v) is 2.85. The summed E-state index contributed by atoms with van der Waals surface area (Å²) in [4.78, 5) is 0. The van der Waals surface area contributed by atoms with E-state index in [2.05, 4.69) is 59.8 Å². The van der Waals surface area contributed by atoms with Gasteiger partial charge in [-0.25, -0.2) is 0 Å². The number of hydrogen-bond acceptors (Lipinski definition) is 1. The van der Waals surface area contributed by atoms with Gasteiger partial charge >= 0.3 is 0 Å². The lowest BCUT2D eigenvalue weighted by molar-refractivity contribution is 0.599. The molecule has 0 N–H and O–H groups in total. The lowest BCUT2D eigenvalue weighted by Crippen LogP contribution is -2.09. The maximum Gasteiger partial charge on any atom is 0.0892 e. The topological polar surface area (TPSA) is 0 Å². The van der Waals surface area contributed by atoms with Gasteiger partial charge in [0.15, 0.2) is 0 Å². The van der Waals surface area contributed by atoms with Crippen molar-refractivity contribution in [1.82, 2.24) is 0 Å². The SMILES string of the molecule is CCCCCCCC(S)(I)c1ccccc1. The van der Waals surface area contributed by atoms with Crippen LogP contribution in [0.15, 0.2) is 30.3 Å². The first-order valence-electron chi connectivity index (χ1n) is 6.13. The van der Waals surface area contributed by atoms with Crippen LogP contribution in [0.5, 0.6) is 0 Å². The Morgan fingerprint density at radius 1 is 1.06 bits per heavy atom. The molecule has 0 nitrogen and oxygen atoms in total. The van der Waals surface area contributed by atoms with Crippen LogP contribution in [0.4, 0.5) is 0 Å². The van der Waals surface area contributed by atoms with Crippen molar-refractivity contribution in [3.05, 3.63) is 35.9 Å². The molecule has 0 aliphatic heterocycles. The Morgan fingerprint density at radius 3 is 2.31 bits per heavy atom. The fraction of sp³-hybridized carbons (Fsp3) is 0.571. The molecule has 0 radical (unpaired) electrons. The first kappa shape index (κ1) is 14.4. The third-order valence-corrected chi connectivity index (χ3v) is 4.47. The minimum atomic E-state index is 0.00519. The Balaban J connectivity index is 2.35. The lowest BCUT2D eigenvalue weighted by Gasteiger charge is -2.22. The summed E-state index contributed by atoms with van der Waals surface area (Å²) in [5.74, 6) is 0. The number of benzene rings is 1. The monoisotopic (exact) mass is 348 g/mol. The predicted molar refractivity (Wildman–Crippen MR) is 84.5 cm³/mol. The van der Waals surface area contributed by atoms with Crippen LogP contribution in [0.3, 0.4) is 0 Å². The summed E-state index contributed by atoms with van der Waals surface area (Å²) < 4.78 is 0.00519. The molecule has 2 heteroatoms. The van der Waals surface area contributed by atoms with Crippen LogP contribution in [-0.4, -0.2) is 0 Å². The summed E-state index contributed by atoms with van der Waals surface area (Å²) in [7, 11) is 0. The van der Waals surface area contributed by atoms with E-state index < -0.39 is 0 Å². The minimum absolute atomic E-state index is 0.00519. The highest BCUT2D eigenvalue weighted by Gasteiger charge is 2.22. The third kappa shape index (κ3) is 5.09. The largest absolute Gasteiger partial charge is 0.157 e. The third-order valence-electron chi connectivity index (χ3n) is 2.83. The van der Waals surface area contributed by atoms with Crippen molar-refractivity contribution in [2.24, 2.45) is 0 Å². The van der Waals surface area contributed by atoms with Crippen LogP contribution in [0.2, 0.25) is 0 Å². The molecule has 0 aliphatic carbocycles. The highest BCUT2D eigenvalue weighted by Crippen LogP contribution is 2.40. The molecule has 0 saturated heterocycles. The fourth-order valence-electron chi connectivity index (χ4n) is 1.80. The number of halogens is 1. The zero-order valence-corrected chi connectivity index (χ0v) is 13.0. The van der Waals surface area contributed by atoms with Gasteiger partial charge in [-0.1, -0.05) is 92.0 Å². The molecule has 16 heavy (non-hydrogen) atoms. The number of thiol groups is 1. The predicted octanol–water partition coefficient (Wildman–Crippen LogP) is 5.56. The van der Waals surface area contributed by atoms with Gasteiger partial charge in [0.2, 0.25) is 0 Å². The number of alkyl halides is 1. The second kappa shape index (κ2) is 7.59. The molecule has 0 fully saturated rings. The van der Waals surface area contributed by atoms with E-state index in [0.29, 0.717) is 0 Å². The van der Waals surface area contributed by atoms with Crippen LogP contribution in [0, 0.1) is 0 Å². The summed E-state index contributed by atoms with van der Waals surface area (Å²) in [6.45, 7) is 2.26. The molecule has 1 aromatic carbocycles. The summed E-state index contributed by atoms with van der Waals surface area (Å²) in [6, 6.07) is 10.6. The van der Waals surface area contributed by atoms with E-state index in [9.17, 15) is 0 Å². The zero-order chi connectivity index (χ0) is 11.9. The van der Waals surface area contributed by atoms with Crippen LogP contribution in [-0.2, 0) is 2.75 Å². The second-order valence-corrected chi connectivity index (χ2v) is 7.75. The normalized spacial score (nSPS) is 14.7. The number of rotatable bonds is 7. The number of hydrogen-bond donors (Lipinski definition) is 1. The van der Waals surface area contributed by atoms with Gasteiger partial charge in [-0.3, -0.25) is 0 Å². The van der Waals surface area contributed by atoms with E-state index >= 15 is 0 Å². The Bertz CT molecular complexity index is 282. The quantitative estimate of drug-likeness (QED) is 0.283. The van der Waals surface area contributed by atoms with Gasteiger partial charge < -0.3 is 0 Å². The van der Waals surface area contributed by atoms with E-state index in [0.717, 1.165) is 6.42 Å². The van der Waals surface area contributed by atoms with E-state index in [4.69, 9.17) is 12.6 Å². The van der Waals surface area contributed by atoms with Crippen LogP contribution < -0.4 is 0 Å². The maximum absolute atomic E-state index is 4.79. The molecule has 1 atom stereocenters. The van der Waals surface area contributed by atoms with Crippen molar-refractivity contribution in [3.8, 4) is 0 Å². The first-order valence-corrected chi connectivity index (χ1v) is 7.66. The maximum atomic E-state index is 4.79. The molecule has 0 heterocycles. The second-order valence-electron chi connectivity index (χ2n) is 4.29. The van der Waals surface area contributed by atoms with Crippen molar-refractivity contribution in [1.29, 1.82) is 0 Å². The molecular formula is C14H21IS. The summed E-state index contributed by atoms with van der Waals surface area (Å²) in [5, 5.41) is 0. The number of unbranched alkanes of at least 4 members (excludes halogenated alkanes) is 4. The van der Waals surface area contributed by atoms with Gasteiger partial charge in [0.05, 0.1) is 2.75 Å². The van der Waals surface area contributed by atoms with Crippen molar-refractivity contribution in [3.63, 3.8) is 0 Å². The molecule has 1 unspecified atom stereocenters. The van der Waals surface area contributed by atoms with Gasteiger partial charge in [0.25, 0.3) is 0 Å². The molecule has 1 rings (SSSR count). The van der Waals surface area contributed by atoms with Crippen LogP contribution in [0.1, 0.15) is 51.0 Å². The van der Waals surface area contributed by atoms with Crippen molar-refractivity contribution in [2.75, 3.05) is 0 Å². The van der Waals surface area contributed by atoms with Gasteiger partial charge in [-0.05, 0) is 12.0 Å². The Kier molecular flexibility index (Phi) is 6.81. The molecule has 0 aliphatic rings. The average molecular weight is 348 g/mol. The van der Waals surface area contributed by atoms with Gasteiger partial charge in [0.1, 0.15) is 0 Å². The average Bonchev–Trinajstić information content (AvgIpc) is 2.30. The van der Waals surface area contributed by atoms with E-state index in [-0.39, 0.29) is 2.75 Å². The molecule has 0 bridgehead atoms. The minimum Gasteiger partial charge on any atom is -0.157 e. The van der Waals surface area contributed by atoms with Gasteiger partial charge in [-0.2, -0.15) is 12.6 Å². The summed E-state index contributed by atoms with van der Waals surface area (Å²) in [5.41, 5.74) is 1.33. The van der Waals surface area contributed by atoms with Gasteiger partial charge in [-0.15, -0.1) is 0 Å². The first-order chi connectivity index (χ1) is 7.67. The Hall–Kier alpha value is 0.300. The Labute approximate surface area is 119 Å². The standard InChI is InChI=1S/C14H21IS/c1-2-3-4-5-9-12-14(15,16)13-10-7-6-8-11-13/h6-8,10-11,16H,2-5,9,12H2,1H3. The lowest BCUT2D eigenvalue weighted by atomic mass is 10.0. The summed E-state index contributed by atoms with van der Waals surface area (Å²) >= 11 is 7.25. The van der Waals surface area contributed by atoms with E-state index in [1.165, 1.54) is 37.7 Å². The summed E-state index contributed by atoms with van der Waals surface area (Å²) in [6.07, 6.45) is 7.82.